The third-order valence-electron chi connectivity index (χ3n) is 2.90. The second-order valence-corrected chi connectivity index (χ2v) is 3.96. The van der Waals surface area contributed by atoms with Crippen LogP contribution < -0.4 is 4.90 Å². The normalized spacial score (nSPS) is 13.9. The lowest BCUT2D eigenvalue weighted by molar-refractivity contribution is 0.0697. The summed E-state index contributed by atoms with van der Waals surface area (Å²) < 4.78 is 0. The molecule has 0 aliphatic carbocycles. The zero-order chi connectivity index (χ0) is 11.5. The van der Waals surface area contributed by atoms with Crippen LogP contribution in [0, 0.1) is 0 Å². The predicted molar refractivity (Wildman–Crippen MR) is 61.0 cm³/mol. The first-order chi connectivity index (χ1) is 7.72. The minimum absolute atomic E-state index is 0.193. The summed E-state index contributed by atoms with van der Waals surface area (Å²) in [6.07, 6.45) is 1.64. The van der Waals surface area contributed by atoms with Crippen molar-refractivity contribution in [3.8, 4) is 0 Å². The van der Waals surface area contributed by atoms with E-state index in [1.807, 2.05) is 6.07 Å². The number of aromatic carboxylic acids is 1. The molecule has 1 aliphatic heterocycles. The zero-order valence-electron chi connectivity index (χ0n) is 9.02. The van der Waals surface area contributed by atoms with Crippen LogP contribution in [0.4, 0.5) is 5.69 Å². The highest BCUT2D eigenvalue weighted by Gasteiger charge is 2.19. The van der Waals surface area contributed by atoms with E-state index >= 15 is 0 Å². The highest BCUT2D eigenvalue weighted by molar-refractivity contribution is 5.88. The number of aliphatic hydroxyl groups excluding tert-OH is 1. The maximum absolute atomic E-state index is 10.8. The van der Waals surface area contributed by atoms with Crippen molar-refractivity contribution in [2.45, 2.75) is 12.8 Å². The van der Waals surface area contributed by atoms with Crippen LogP contribution in [0.3, 0.4) is 0 Å². The number of carboxylic acid groups (broad SMARTS) is 1. The molecule has 0 spiro atoms. The molecule has 0 saturated heterocycles. The maximum atomic E-state index is 10.8. The van der Waals surface area contributed by atoms with Gasteiger partial charge in [-0.05, 0) is 36.6 Å². The van der Waals surface area contributed by atoms with Crippen molar-refractivity contribution in [3.63, 3.8) is 0 Å². The molecule has 1 aromatic carbocycles. The molecule has 0 aromatic heterocycles. The average molecular weight is 221 g/mol. The fraction of sp³-hybridized carbons (Fsp3) is 0.417. The molecule has 1 aliphatic rings. The van der Waals surface area contributed by atoms with Gasteiger partial charge in [0.05, 0.1) is 5.56 Å². The van der Waals surface area contributed by atoms with Crippen LogP contribution in [0.15, 0.2) is 18.2 Å². The number of carbonyl (C=O) groups is 1. The quantitative estimate of drug-likeness (QED) is 0.800. The van der Waals surface area contributed by atoms with E-state index in [0.29, 0.717) is 5.56 Å². The van der Waals surface area contributed by atoms with E-state index in [1.54, 1.807) is 12.1 Å². The van der Waals surface area contributed by atoms with Gasteiger partial charge in [0, 0.05) is 25.4 Å². The Hall–Kier alpha value is -1.55. The smallest absolute Gasteiger partial charge is 0.335 e. The lowest BCUT2D eigenvalue weighted by Gasteiger charge is -2.18. The molecule has 86 valence electrons. The first-order valence-electron chi connectivity index (χ1n) is 5.44. The van der Waals surface area contributed by atoms with E-state index in [4.69, 9.17) is 10.2 Å². The summed E-state index contributed by atoms with van der Waals surface area (Å²) in [7, 11) is 0. The minimum atomic E-state index is -0.878. The van der Waals surface area contributed by atoms with Gasteiger partial charge in [-0.2, -0.15) is 0 Å². The maximum Gasteiger partial charge on any atom is 0.335 e. The Bertz CT molecular complexity index is 403. The van der Waals surface area contributed by atoms with Crippen molar-refractivity contribution in [2.24, 2.45) is 0 Å². The average Bonchev–Trinajstić information content (AvgIpc) is 2.68. The van der Waals surface area contributed by atoms with E-state index in [2.05, 4.69) is 4.90 Å². The number of hydrogen-bond donors (Lipinski definition) is 2. The van der Waals surface area contributed by atoms with Crippen LogP contribution in [-0.4, -0.2) is 35.9 Å². The highest BCUT2D eigenvalue weighted by Crippen LogP contribution is 2.28. The van der Waals surface area contributed by atoms with Crippen LogP contribution in [0.2, 0.25) is 0 Å². The van der Waals surface area contributed by atoms with Gasteiger partial charge in [-0.1, -0.05) is 0 Å². The summed E-state index contributed by atoms with van der Waals surface area (Å²) in [6, 6.07) is 5.25. The number of carboxylic acids is 1. The molecule has 0 bridgehead atoms. The fourth-order valence-electron chi connectivity index (χ4n) is 2.10. The van der Waals surface area contributed by atoms with Crippen molar-refractivity contribution in [1.29, 1.82) is 0 Å². The first-order valence-corrected chi connectivity index (χ1v) is 5.44. The second-order valence-electron chi connectivity index (χ2n) is 3.96. The number of anilines is 1. The van der Waals surface area contributed by atoms with Crippen molar-refractivity contribution in [3.05, 3.63) is 29.3 Å². The molecule has 0 atom stereocenters. The molecule has 4 heteroatoms. The number of nitrogens with zero attached hydrogens (tertiary/aromatic N) is 1. The molecule has 1 heterocycles. The Morgan fingerprint density at radius 1 is 1.44 bits per heavy atom. The molecule has 1 aromatic rings. The summed E-state index contributed by atoms with van der Waals surface area (Å²) in [5.41, 5.74) is 2.55. The Labute approximate surface area is 94.1 Å². The van der Waals surface area contributed by atoms with Crippen molar-refractivity contribution in [1.82, 2.24) is 0 Å². The third-order valence-corrected chi connectivity index (χ3v) is 2.90. The first kappa shape index (κ1) is 11.0. The third kappa shape index (κ3) is 2.02. The highest BCUT2D eigenvalue weighted by atomic mass is 16.4. The summed E-state index contributed by atoms with van der Waals surface area (Å²) >= 11 is 0. The van der Waals surface area contributed by atoms with Crippen LogP contribution in [0.25, 0.3) is 0 Å². The van der Waals surface area contributed by atoms with E-state index < -0.39 is 5.97 Å². The minimum Gasteiger partial charge on any atom is -0.478 e. The van der Waals surface area contributed by atoms with Crippen LogP contribution in [0.1, 0.15) is 22.3 Å². The van der Waals surface area contributed by atoms with E-state index in [0.717, 1.165) is 37.2 Å². The van der Waals surface area contributed by atoms with E-state index in [9.17, 15) is 4.79 Å². The fourth-order valence-corrected chi connectivity index (χ4v) is 2.10. The van der Waals surface area contributed by atoms with Crippen molar-refractivity contribution < 1.29 is 15.0 Å². The Kier molecular flexibility index (Phi) is 3.10. The number of fused-ring (bicyclic) bond motifs is 1. The SMILES string of the molecule is O=C(O)c1ccc2c(c1)CCN2CCCO. The van der Waals surface area contributed by atoms with Gasteiger partial charge < -0.3 is 15.1 Å². The van der Waals surface area contributed by atoms with Gasteiger partial charge in [-0.25, -0.2) is 4.79 Å². The standard InChI is InChI=1S/C12H15NO3/c14-7-1-5-13-6-4-9-8-10(12(15)16)2-3-11(9)13/h2-3,8,14H,1,4-7H2,(H,15,16). The molecular weight excluding hydrogens is 206 g/mol. The van der Waals surface area contributed by atoms with Gasteiger partial charge in [0.2, 0.25) is 0 Å². The van der Waals surface area contributed by atoms with E-state index in [-0.39, 0.29) is 6.61 Å². The number of rotatable bonds is 4. The van der Waals surface area contributed by atoms with Gasteiger partial charge in [-0.15, -0.1) is 0 Å². The molecule has 2 rings (SSSR count). The molecule has 0 radical (unpaired) electrons. The van der Waals surface area contributed by atoms with Crippen molar-refractivity contribution >= 4 is 11.7 Å². The molecule has 0 amide bonds. The molecule has 0 unspecified atom stereocenters. The summed E-state index contributed by atoms with van der Waals surface area (Å²) in [4.78, 5) is 13.0. The molecular formula is C12H15NO3. The molecule has 0 fully saturated rings. The largest absolute Gasteiger partial charge is 0.478 e. The molecule has 2 N–H and O–H groups in total. The number of benzene rings is 1. The Balaban J connectivity index is 2.18. The van der Waals surface area contributed by atoms with Gasteiger partial charge >= 0.3 is 5.97 Å². The van der Waals surface area contributed by atoms with Gasteiger partial charge in [-0.3, -0.25) is 0 Å². The topological polar surface area (TPSA) is 60.8 Å². The summed E-state index contributed by atoms with van der Waals surface area (Å²) in [5, 5.41) is 17.7. The zero-order valence-corrected chi connectivity index (χ0v) is 9.02. The van der Waals surface area contributed by atoms with E-state index in [1.165, 1.54) is 0 Å². The summed E-state index contributed by atoms with van der Waals surface area (Å²) in [5.74, 6) is -0.878. The van der Waals surface area contributed by atoms with Crippen LogP contribution >= 0.6 is 0 Å². The predicted octanol–water partition coefficient (Wildman–Crippen LogP) is 1.13. The number of aliphatic hydroxyl groups is 1. The number of hydrogen-bond acceptors (Lipinski definition) is 3. The van der Waals surface area contributed by atoms with Crippen molar-refractivity contribution in [2.75, 3.05) is 24.6 Å². The lowest BCUT2D eigenvalue weighted by atomic mass is 10.1. The van der Waals surface area contributed by atoms with Gasteiger partial charge in [0.1, 0.15) is 0 Å². The van der Waals surface area contributed by atoms with Crippen LogP contribution in [0.5, 0.6) is 0 Å². The second kappa shape index (κ2) is 4.53. The Morgan fingerprint density at radius 3 is 2.94 bits per heavy atom. The lowest BCUT2D eigenvalue weighted by Crippen LogP contribution is -2.22. The Morgan fingerprint density at radius 2 is 2.25 bits per heavy atom. The molecule has 4 nitrogen and oxygen atoms in total. The summed E-state index contributed by atoms with van der Waals surface area (Å²) in [6.45, 7) is 1.94. The van der Waals surface area contributed by atoms with Crippen LogP contribution in [-0.2, 0) is 6.42 Å². The molecule has 0 saturated carbocycles. The van der Waals surface area contributed by atoms with Gasteiger partial charge in [0.25, 0.3) is 0 Å². The monoisotopic (exact) mass is 221 g/mol. The van der Waals surface area contributed by atoms with Gasteiger partial charge in [0.15, 0.2) is 0 Å². The molecule has 16 heavy (non-hydrogen) atoms.